The summed E-state index contributed by atoms with van der Waals surface area (Å²) in [6, 6.07) is 5.17. The van der Waals surface area contributed by atoms with Gasteiger partial charge in [-0.1, -0.05) is 6.07 Å². The van der Waals surface area contributed by atoms with Crippen LogP contribution in [-0.2, 0) is 19.1 Å². The summed E-state index contributed by atoms with van der Waals surface area (Å²) < 4.78 is 9.59. The molecule has 28 heavy (non-hydrogen) atoms. The Morgan fingerprint density at radius 3 is 2.43 bits per heavy atom. The number of esters is 1. The highest BCUT2D eigenvalue weighted by Gasteiger charge is 2.17. The fourth-order valence-corrected chi connectivity index (χ4v) is 1.94. The minimum atomic E-state index is -0.986. The molecule has 5 N–H and O–H groups in total. The van der Waals surface area contributed by atoms with Gasteiger partial charge in [-0.25, -0.2) is 4.79 Å². The molecule has 1 atom stereocenters. The number of methoxy groups -OCH3 is 1. The Kier molecular flexibility index (Phi) is 8.39. The van der Waals surface area contributed by atoms with Crippen molar-refractivity contribution >= 4 is 29.6 Å². The van der Waals surface area contributed by atoms with Crippen LogP contribution in [0.2, 0.25) is 0 Å². The molecule has 1 aromatic rings. The van der Waals surface area contributed by atoms with Gasteiger partial charge in [-0.2, -0.15) is 0 Å². The summed E-state index contributed by atoms with van der Waals surface area (Å²) in [5.74, 6) is -1.69. The van der Waals surface area contributed by atoms with Crippen molar-refractivity contribution in [1.82, 2.24) is 10.6 Å². The molecule has 0 aliphatic carbocycles. The standard InChI is InChI=1S/C18H26N4O6/c1-18(2,3)28-17(26)22-12-7-5-6-11(8-12)15(24)21-10-14(23)20-9-13(19)16(25)27-4/h5-8,13H,9-10,19H2,1-4H3,(H,20,23)(H,21,24)(H,22,26)/t13-/m0/s1. The summed E-state index contributed by atoms with van der Waals surface area (Å²) in [6.45, 7) is 4.78. The molecule has 0 saturated carbocycles. The average Bonchev–Trinajstić information content (AvgIpc) is 2.61. The number of carbonyl (C=O) groups is 4. The Balaban J connectivity index is 2.53. The van der Waals surface area contributed by atoms with E-state index in [9.17, 15) is 19.2 Å². The van der Waals surface area contributed by atoms with Gasteiger partial charge in [0.15, 0.2) is 0 Å². The maximum absolute atomic E-state index is 12.2. The van der Waals surface area contributed by atoms with Crippen LogP contribution < -0.4 is 21.7 Å². The van der Waals surface area contributed by atoms with E-state index in [1.54, 1.807) is 32.9 Å². The summed E-state index contributed by atoms with van der Waals surface area (Å²) in [6.07, 6.45) is -0.647. The number of hydrogen-bond acceptors (Lipinski definition) is 7. The maximum atomic E-state index is 12.2. The molecule has 1 aromatic carbocycles. The zero-order valence-electron chi connectivity index (χ0n) is 16.3. The van der Waals surface area contributed by atoms with E-state index in [2.05, 4.69) is 20.7 Å². The lowest BCUT2D eigenvalue weighted by atomic mass is 10.2. The quantitative estimate of drug-likeness (QED) is 0.488. The maximum Gasteiger partial charge on any atom is 0.412 e. The first-order valence-electron chi connectivity index (χ1n) is 8.50. The predicted molar refractivity (Wildman–Crippen MR) is 102 cm³/mol. The van der Waals surface area contributed by atoms with E-state index in [4.69, 9.17) is 10.5 Å². The first-order valence-corrected chi connectivity index (χ1v) is 8.50. The van der Waals surface area contributed by atoms with E-state index in [0.29, 0.717) is 5.69 Å². The van der Waals surface area contributed by atoms with E-state index in [-0.39, 0.29) is 18.7 Å². The first kappa shape index (κ1) is 22.9. The van der Waals surface area contributed by atoms with Gasteiger partial charge in [0.05, 0.1) is 13.7 Å². The number of anilines is 1. The molecule has 0 aliphatic heterocycles. The molecule has 0 radical (unpaired) electrons. The topological polar surface area (TPSA) is 149 Å². The Labute approximate surface area is 163 Å². The molecule has 154 valence electrons. The molecular formula is C18H26N4O6. The van der Waals surface area contributed by atoms with Gasteiger partial charge in [0.25, 0.3) is 5.91 Å². The molecule has 0 saturated heterocycles. The van der Waals surface area contributed by atoms with Gasteiger partial charge in [-0.3, -0.25) is 19.7 Å². The van der Waals surface area contributed by atoms with Crippen LogP contribution in [0.4, 0.5) is 10.5 Å². The molecule has 1 rings (SSSR count). The van der Waals surface area contributed by atoms with Gasteiger partial charge < -0.3 is 25.8 Å². The van der Waals surface area contributed by atoms with Gasteiger partial charge in [0, 0.05) is 17.8 Å². The third-order valence-corrected chi connectivity index (χ3v) is 3.20. The molecular weight excluding hydrogens is 368 g/mol. The van der Waals surface area contributed by atoms with Gasteiger partial charge >= 0.3 is 12.1 Å². The second-order valence-corrected chi connectivity index (χ2v) is 6.82. The highest BCUT2D eigenvalue weighted by molar-refractivity contribution is 5.98. The number of nitrogens with one attached hydrogen (secondary N) is 3. The first-order chi connectivity index (χ1) is 13.0. The molecule has 0 aromatic heterocycles. The molecule has 0 fully saturated rings. The number of amides is 3. The third-order valence-electron chi connectivity index (χ3n) is 3.20. The number of ether oxygens (including phenoxy) is 2. The van der Waals surface area contributed by atoms with Gasteiger partial charge in [0.2, 0.25) is 5.91 Å². The van der Waals surface area contributed by atoms with Crippen molar-refractivity contribution in [3.8, 4) is 0 Å². The summed E-state index contributed by atoms with van der Waals surface area (Å²) >= 11 is 0. The third kappa shape index (κ3) is 8.49. The number of hydrogen-bond donors (Lipinski definition) is 4. The number of rotatable bonds is 7. The van der Waals surface area contributed by atoms with E-state index >= 15 is 0 Å². The molecule has 0 unspecified atom stereocenters. The van der Waals surface area contributed by atoms with Crippen molar-refractivity contribution in [1.29, 1.82) is 0 Å². The Hall–Kier alpha value is -3.14. The SMILES string of the molecule is COC(=O)[C@@H](N)CNC(=O)CNC(=O)c1cccc(NC(=O)OC(C)(C)C)c1. The van der Waals surface area contributed by atoms with Crippen molar-refractivity contribution in [2.75, 3.05) is 25.5 Å². The lowest BCUT2D eigenvalue weighted by Gasteiger charge is -2.19. The fraction of sp³-hybridized carbons (Fsp3) is 0.444. The van der Waals surface area contributed by atoms with Crippen LogP contribution in [0.25, 0.3) is 0 Å². The van der Waals surface area contributed by atoms with Gasteiger partial charge in [-0.05, 0) is 39.0 Å². The Morgan fingerprint density at radius 1 is 1.14 bits per heavy atom. The Bertz CT molecular complexity index is 729. The fourth-order valence-electron chi connectivity index (χ4n) is 1.94. The second kappa shape index (κ2) is 10.3. The van der Waals surface area contributed by atoms with Gasteiger partial charge in [-0.15, -0.1) is 0 Å². The summed E-state index contributed by atoms with van der Waals surface area (Å²) in [4.78, 5) is 46.9. The van der Waals surface area contributed by atoms with Crippen molar-refractivity contribution in [2.45, 2.75) is 32.4 Å². The molecule has 0 bridgehead atoms. The predicted octanol–water partition coefficient (Wildman–Crippen LogP) is 0.380. The zero-order valence-corrected chi connectivity index (χ0v) is 16.3. The van der Waals surface area contributed by atoms with Crippen molar-refractivity contribution in [2.24, 2.45) is 5.73 Å². The van der Waals surface area contributed by atoms with Crippen LogP contribution >= 0.6 is 0 Å². The van der Waals surface area contributed by atoms with Crippen molar-refractivity contribution in [3.05, 3.63) is 29.8 Å². The van der Waals surface area contributed by atoms with Crippen LogP contribution in [0.5, 0.6) is 0 Å². The number of nitrogens with two attached hydrogens (primary N) is 1. The van der Waals surface area contributed by atoms with E-state index in [1.165, 1.54) is 19.2 Å². The molecule has 10 nitrogen and oxygen atoms in total. The van der Waals surface area contributed by atoms with E-state index in [1.807, 2.05) is 0 Å². The second-order valence-electron chi connectivity index (χ2n) is 6.82. The molecule has 10 heteroatoms. The van der Waals surface area contributed by atoms with Crippen LogP contribution in [-0.4, -0.2) is 55.7 Å². The van der Waals surface area contributed by atoms with Crippen LogP contribution in [0.3, 0.4) is 0 Å². The number of benzene rings is 1. The summed E-state index contributed by atoms with van der Waals surface area (Å²) in [5, 5.41) is 7.37. The zero-order chi connectivity index (χ0) is 21.3. The average molecular weight is 394 g/mol. The lowest BCUT2D eigenvalue weighted by Crippen LogP contribution is -2.45. The summed E-state index contributed by atoms with van der Waals surface area (Å²) in [7, 11) is 1.19. The van der Waals surface area contributed by atoms with Crippen LogP contribution in [0, 0.1) is 0 Å². The normalized spacial score (nSPS) is 11.8. The van der Waals surface area contributed by atoms with Crippen molar-refractivity contribution < 1.29 is 28.7 Å². The molecule has 0 aliphatic rings. The van der Waals surface area contributed by atoms with E-state index < -0.39 is 35.5 Å². The lowest BCUT2D eigenvalue weighted by molar-refractivity contribution is -0.142. The van der Waals surface area contributed by atoms with Gasteiger partial charge in [0.1, 0.15) is 11.6 Å². The number of carbonyl (C=O) groups excluding carboxylic acids is 4. The smallest absolute Gasteiger partial charge is 0.412 e. The minimum absolute atomic E-state index is 0.114. The minimum Gasteiger partial charge on any atom is -0.468 e. The monoisotopic (exact) mass is 394 g/mol. The molecule has 0 heterocycles. The van der Waals surface area contributed by atoms with Crippen LogP contribution in [0.15, 0.2) is 24.3 Å². The molecule has 3 amide bonds. The van der Waals surface area contributed by atoms with E-state index in [0.717, 1.165) is 0 Å². The largest absolute Gasteiger partial charge is 0.468 e. The van der Waals surface area contributed by atoms with Crippen molar-refractivity contribution in [3.63, 3.8) is 0 Å². The highest BCUT2D eigenvalue weighted by atomic mass is 16.6. The Morgan fingerprint density at radius 2 is 1.82 bits per heavy atom. The highest BCUT2D eigenvalue weighted by Crippen LogP contribution is 2.13. The van der Waals surface area contributed by atoms with Crippen LogP contribution in [0.1, 0.15) is 31.1 Å². The molecule has 0 spiro atoms. The summed E-state index contributed by atoms with van der Waals surface area (Å²) in [5.41, 5.74) is 5.46.